The Morgan fingerprint density at radius 2 is 1.85 bits per heavy atom. The molecule has 0 aliphatic rings. The number of fused-ring (bicyclic) bond motifs is 1. The van der Waals surface area contributed by atoms with Crippen molar-refractivity contribution < 1.29 is 9.59 Å². The number of thiophene rings is 1. The fourth-order valence-electron chi connectivity index (χ4n) is 2.99. The molecule has 1 aromatic carbocycles. The van der Waals surface area contributed by atoms with Gasteiger partial charge in [-0.15, -0.1) is 11.3 Å². The Labute approximate surface area is 154 Å². The molecule has 136 valence electrons. The number of H-pyrrole nitrogens is 2. The zero-order valence-corrected chi connectivity index (χ0v) is 15.8. The summed E-state index contributed by atoms with van der Waals surface area (Å²) in [5.41, 5.74) is 2.77. The Bertz CT molecular complexity index is 1030. The van der Waals surface area contributed by atoms with Crippen LogP contribution >= 0.6 is 11.3 Å². The molecule has 0 aliphatic carbocycles. The average molecular weight is 371 g/mol. The second-order valence-electron chi connectivity index (χ2n) is 6.42. The molecule has 0 bridgehead atoms. The van der Waals surface area contributed by atoms with Gasteiger partial charge >= 0.3 is 5.69 Å². The van der Waals surface area contributed by atoms with Gasteiger partial charge in [-0.25, -0.2) is 4.79 Å². The second kappa shape index (κ2) is 7.29. The van der Waals surface area contributed by atoms with Crippen molar-refractivity contribution in [1.29, 1.82) is 0 Å². The van der Waals surface area contributed by atoms with Crippen molar-refractivity contribution in [2.45, 2.75) is 39.7 Å². The molecule has 26 heavy (non-hydrogen) atoms. The van der Waals surface area contributed by atoms with E-state index in [9.17, 15) is 14.4 Å². The molecule has 1 atom stereocenters. The largest absolute Gasteiger partial charge is 0.350 e. The fourth-order valence-corrected chi connectivity index (χ4v) is 3.93. The van der Waals surface area contributed by atoms with Crippen molar-refractivity contribution in [1.82, 2.24) is 15.3 Å². The van der Waals surface area contributed by atoms with Crippen LogP contribution in [0, 0.1) is 13.8 Å². The molecule has 2 heterocycles. The summed E-state index contributed by atoms with van der Waals surface area (Å²) in [5, 5.41) is 2.90. The highest BCUT2D eigenvalue weighted by Gasteiger charge is 2.15. The number of benzene rings is 1. The van der Waals surface area contributed by atoms with Gasteiger partial charge < -0.3 is 15.3 Å². The number of rotatable bonds is 6. The lowest BCUT2D eigenvalue weighted by Gasteiger charge is -2.14. The van der Waals surface area contributed by atoms with Gasteiger partial charge in [-0.3, -0.25) is 9.59 Å². The Morgan fingerprint density at radius 1 is 1.12 bits per heavy atom. The lowest BCUT2D eigenvalue weighted by Crippen LogP contribution is -2.27. The van der Waals surface area contributed by atoms with E-state index in [0.29, 0.717) is 5.52 Å². The van der Waals surface area contributed by atoms with E-state index in [1.807, 2.05) is 39.0 Å². The third-order valence-electron chi connectivity index (χ3n) is 4.34. The Kier molecular flexibility index (Phi) is 5.08. The van der Waals surface area contributed by atoms with E-state index in [1.54, 1.807) is 17.4 Å². The number of hydrogen-bond acceptors (Lipinski definition) is 4. The van der Waals surface area contributed by atoms with Crippen molar-refractivity contribution in [2.75, 3.05) is 0 Å². The SMILES string of the molecule is Cc1cc(C(=O)CCC(=O)NC(C)c2ccc3[nH]c(=O)[nH]c3c2)c(C)s1. The lowest BCUT2D eigenvalue weighted by atomic mass is 10.1. The number of imidazole rings is 1. The molecule has 0 saturated carbocycles. The summed E-state index contributed by atoms with van der Waals surface area (Å²) in [6.45, 7) is 5.77. The minimum atomic E-state index is -0.258. The van der Waals surface area contributed by atoms with E-state index < -0.39 is 0 Å². The van der Waals surface area contributed by atoms with Gasteiger partial charge in [0.15, 0.2) is 5.78 Å². The van der Waals surface area contributed by atoms with Crippen LogP contribution in [-0.4, -0.2) is 21.7 Å². The smallest absolute Gasteiger partial charge is 0.323 e. The van der Waals surface area contributed by atoms with Crippen LogP contribution < -0.4 is 11.0 Å². The topological polar surface area (TPSA) is 94.8 Å². The first kappa shape index (κ1) is 18.1. The summed E-state index contributed by atoms with van der Waals surface area (Å²) in [6.07, 6.45) is 0.348. The molecular weight excluding hydrogens is 350 g/mol. The first-order chi connectivity index (χ1) is 12.3. The van der Waals surface area contributed by atoms with Crippen LogP contribution in [-0.2, 0) is 4.79 Å². The molecule has 0 fully saturated rings. The predicted octanol–water partition coefficient (Wildman–Crippen LogP) is 3.37. The van der Waals surface area contributed by atoms with Crippen LogP contribution in [0.3, 0.4) is 0 Å². The summed E-state index contributed by atoms with van der Waals surface area (Å²) >= 11 is 1.59. The van der Waals surface area contributed by atoms with Gasteiger partial charge in [0.2, 0.25) is 5.91 Å². The van der Waals surface area contributed by atoms with Crippen LogP contribution in [0.4, 0.5) is 0 Å². The number of amides is 1. The molecule has 1 unspecified atom stereocenters. The monoisotopic (exact) mass is 371 g/mol. The standard InChI is InChI=1S/C19H21N3O3S/c1-10-8-14(12(3)26-10)17(23)6-7-18(24)20-11(2)13-4-5-15-16(9-13)22-19(25)21-15/h4-5,8-9,11H,6-7H2,1-3H3,(H,20,24)(H2,21,22,25). The highest BCUT2D eigenvalue weighted by Crippen LogP contribution is 2.22. The van der Waals surface area contributed by atoms with E-state index in [0.717, 1.165) is 26.4 Å². The maximum absolute atomic E-state index is 12.3. The van der Waals surface area contributed by atoms with Gasteiger partial charge in [0, 0.05) is 28.2 Å². The summed E-state index contributed by atoms with van der Waals surface area (Å²) in [4.78, 5) is 43.3. The Hall–Kier alpha value is -2.67. The number of carbonyl (C=O) groups is 2. The van der Waals surface area contributed by atoms with Crippen molar-refractivity contribution >= 4 is 34.1 Å². The molecule has 3 aromatic rings. The van der Waals surface area contributed by atoms with Crippen molar-refractivity contribution in [2.24, 2.45) is 0 Å². The molecule has 0 radical (unpaired) electrons. The number of aromatic nitrogens is 2. The highest BCUT2D eigenvalue weighted by atomic mass is 32.1. The minimum absolute atomic E-state index is 0.000899. The number of carbonyl (C=O) groups excluding carboxylic acids is 2. The number of aromatic amines is 2. The van der Waals surface area contributed by atoms with E-state index in [-0.39, 0.29) is 36.3 Å². The van der Waals surface area contributed by atoms with Gasteiger partial charge in [0.1, 0.15) is 0 Å². The summed E-state index contributed by atoms with van der Waals surface area (Å²) in [5.74, 6) is -0.168. The molecule has 3 rings (SSSR count). The summed E-state index contributed by atoms with van der Waals surface area (Å²) in [6, 6.07) is 7.16. The molecule has 6 nitrogen and oxygen atoms in total. The number of Topliss-reactive ketones (excluding diaryl/α,β-unsaturated/α-hetero) is 1. The van der Waals surface area contributed by atoms with Crippen LogP contribution in [0.5, 0.6) is 0 Å². The van der Waals surface area contributed by atoms with Gasteiger partial charge in [-0.05, 0) is 44.5 Å². The lowest BCUT2D eigenvalue weighted by molar-refractivity contribution is -0.121. The molecule has 1 amide bonds. The maximum Gasteiger partial charge on any atom is 0.323 e. The van der Waals surface area contributed by atoms with E-state index in [4.69, 9.17) is 0 Å². The highest BCUT2D eigenvalue weighted by molar-refractivity contribution is 7.12. The molecule has 7 heteroatoms. The van der Waals surface area contributed by atoms with E-state index in [2.05, 4.69) is 15.3 Å². The Balaban J connectivity index is 1.59. The Morgan fingerprint density at radius 3 is 2.54 bits per heavy atom. The van der Waals surface area contributed by atoms with Gasteiger partial charge in [0.25, 0.3) is 0 Å². The van der Waals surface area contributed by atoms with Crippen LogP contribution in [0.1, 0.15) is 51.5 Å². The molecule has 0 aliphatic heterocycles. The first-order valence-corrected chi connectivity index (χ1v) is 9.26. The van der Waals surface area contributed by atoms with E-state index >= 15 is 0 Å². The molecule has 0 spiro atoms. The van der Waals surface area contributed by atoms with E-state index in [1.165, 1.54) is 0 Å². The van der Waals surface area contributed by atoms with Gasteiger partial charge in [-0.2, -0.15) is 0 Å². The third kappa shape index (κ3) is 3.94. The fraction of sp³-hybridized carbons (Fsp3) is 0.316. The predicted molar refractivity (Wildman–Crippen MR) is 103 cm³/mol. The second-order valence-corrected chi connectivity index (χ2v) is 7.88. The molecule has 3 N–H and O–H groups in total. The van der Waals surface area contributed by atoms with Crippen molar-refractivity contribution in [3.63, 3.8) is 0 Å². The quantitative estimate of drug-likeness (QED) is 0.580. The number of nitrogens with one attached hydrogen (secondary N) is 3. The molecular formula is C19H21N3O3S. The first-order valence-electron chi connectivity index (χ1n) is 8.45. The maximum atomic E-state index is 12.3. The van der Waals surface area contributed by atoms with Crippen LogP contribution in [0.2, 0.25) is 0 Å². The molecule has 2 aromatic heterocycles. The van der Waals surface area contributed by atoms with Crippen LogP contribution in [0.15, 0.2) is 29.1 Å². The normalized spacial score (nSPS) is 12.3. The van der Waals surface area contributed by atoms with Crippen molar-refractivity contribution in [3.8, 4) is 0 Å². The summed E-state index contributed by atoms with van der Waals surface area (Å²) in [7, 11) is 0. The average Bonchev–Trinajstić information content (AvgIpc) is 3.12. The third-order valence-corrected chi connectivity index (χ3v) is 5.30. The van der Waals surface area contributed by atoms with Gasteiger partial charge in [-0.1, -0.05) is 6.07 Å². The molecule has 0 saturated heterocycles. The van der Waals surface area contributed by atoms with Crippen LogP contribution in [0.25, 0.3) is 11.0 Å². The zero-order valence-electron chi connectivity index (χ0n) is 14.9. The minimum Gasteiger partial charge on any atom is -0.350 e. The van der Waals surface area contributed by atoms with Gasteiger partial charge in [0.05, 0.1) is 17.1 Å². The number of hydrogen-bond donors (Lipinski definition) is 3. The number of aryl methyl sites for hydroxylation is 2. The zero-order chi connectivity index (χ0) is 18.8. The number of ketones is 1. The van der Waals surface area contributed by atoms with Crippen molar-refractivity contribution in [3.05, 3.63) is 55.6 Å². The summed E-state index contributed by atoms with van der Waals surface area (Å²) < 4.78 is 0.